The van der Waals surface area contributed by atoms with Crippen molar-refractivity contribution in [3.05, 3.63) is 42.2 Å². The van der Waals surface area contributed by atoms with Crippen LogP contribution in [0.25, 0.3) is 0 Å². The number of nitrogens with one attached hydrogen (secondary N) is 1. The van der Waals surface area contributed by atoms with Gasteiger partial charge < -0.3 is 20.1 Å². The molecule has 0 spiro atoms. The molecule has 4 rings (SSSR count). The fraction of sp³-hybridized carbons (Fsp3) is 0.450. The Morgan fingerprint density at radius 3 is 2.52 bits per heavy atom. The van der Waals surface area contributed by atoms with Crippen LogP contribution in [0.5, 0.6) is 0 Å². The largest absolute Gasteiger partial charge is 0.490 e. The normalized spacial score (nSPS) is 22.1. The Morgan fingerprint density at radius 1 is 1.24 bits per heavy atom. The number of ether oxygens (including phenoxy) is 1. The van der Waals surface area contributed by atoms with Gasteiger partial charge in [-0.2, -0.15) is 13.2 Å². The summed E-state index contributed by atoms with van der Waals surface area (Å²) in [5.74, 6) is -2.53. The van der Waals surface area contributed by atoms with Crippen molar-refractivity contribution in [1.29, 1.82) is 0 Å². The minimum absolute atomic E-state index is 0.0526. The average Bonchev–Trinajstić information content (AvgIpc) is 3.19. The van der Waals surface area contributed by atoms with Gasteiger partial charge in [-0.25, -0.2) is 19.2 Å². The van der Waals surface area contributed by atoms with E-state index in [9.17, 15) is 22.4 Å². The molecule has 2 aliphatic heterocycles. The highest BCUT2D eigenvalue weighted by molar-refractivity contribution is 5.94. The summed E-state index contributed by atoms with van der Waals surface area (Å²) in [5, 5.41) is 10.0. The molecule has 3 atom stereocenters. The summed E-state index contributed by atoms with van der Waals surface area (Å²) < 4.78 is 50.7. The van der Waals surface area contributed by atoms with Crippen LogP contribution in [0.2, 0.25) is 0 Å². The van der Waals surface area contributed by atoms with E-state index >= 15 is 0 Å². The number of carboxylic acid groups (broad SMARTS) is 1. The molecule has 0 saturated carbocycles. The van der Waals surface area contributed by atoms with E-state index in [1.54, 1.807) is 12.3 Å². The number of aryl methyl sites for hydroxylation is 1. The smallest absolute Gasteiger partial charge is 0.475 e. The second kappa shape index (κ2) is 10.1. The Morgan fingerprint density at radius 2 is 1.91 bits per heavy atom. The Labute approximate surface area is 185 Å². The monoisotopic (exact) mass is 471 g/mol. The molecule has 0 aliphatic carbocycles. The maximum absolute atomic E-state index is 13.0. The fourth-order valence-electron chi connectivity index (χ4n) is 3.58. The van der Waals surface area contributed by atoms with Crippen LogP contribution in [-0.2, 0) is 14.3 Å². The van der Waals surface area contributed by atoms with Gasteiger partial charge in [0.25, 0.3) is 5.91 Å². The lowest BCUT2D eigenvalue weighted by atomic mass is 9.92. The maximum atomic E-state index is 13.0. The van der Waals surface area contributed by atoms with Gasteiger partial charge in [0.05, 0.1) is 29.9 Å². The lowest BCUT2D eigenvalue weighted by molar-refractivity contribution is -0.192. The van der Waals surface area contributed by atoms with E-state index in [-0.39, 0.29) is 12.0 Å². The number of nitrogens with zero attached hydrogens (tertiary/aromatic N) is 4. The number of fused-ring (bicyclic) bond motifs is 1. The predicted octanol–water partition coefficient (Wildman–Crippen LogP) is 2.57. The molecule has 33 heavy (non-hydrogen) atoms. The van der Waals surface area contributed by atoms with Crippen LogP contribution < -0.4 is 10.2 Å². The van der Waals surface area contributed by atoms with Crippen molar-refractivity contribution >= 4 is 23.5 Å². The van der Waals surface area contributed by atoms with Crippen LogP contribution >= 0.6 is 0 Å². The molecule has 0 bridgehead atoms. The molecule has 0 unspecified atom stereocenters. The third kappa shape index (κ3) is 6.34. The number of halogens is 4. The number of alkyl halides is 3. The van der Waals surface area contributed by atoms with Gasteiger partial charge in [-0.15, -0.1) is 0 Å². The highest BCUT2D eigenvalue weighted by atomic mass is 19.4. The summed E-state index contributed by atoms with van der Waals surface area (Å²) in [5.41, 5.74) is 1.48. The first-order valence-corrected chi connectivity index (χ1v) is 9.95. The van der Waals surface area contributed by atoms with Gasteiger partial charge in [-0.3, -0.25) is 9.78 Å². The Kier molecular flexibility index (Phi) is 7.41. The molecule has 2 aliphatic rings. The van der Waals surface area contributed by atoms with Crippen LogP contribution in [0.3, 0.4) is 0 Å². The molecule has 0 radical (unpaired) electrons. The maximum Gasteiger partial charge on any atom is 0.490 e. The molecule has 0 aromatic carbocycles. The predicted molar refractivity (Wildman–Crippen MR) is 107 cm³/mol. The highest BCUT2D eigenvalue weighted by Gasteiger charge is 2.42. The molecule has 1 amide bonds. The zero-order chi connectivity index (χ0) is 24.2. The van der Waals surface area contributed by atoms with Crippen molar-refractivity contribution < 1.29 is 37.0 Å². The van der Waals surface area contributed by atoms with E-state index in [1.165, 1.54) is 0 Å². The summed E-state index contributed by atoms with van der Waals surface area (Å²) in [4.78, 5) is 35.7. The number of rotatable bonds is 3. The van der Waals surface area contributed by atoms with E-state index in [4.69, 9.17) is 14.6 Å². The number of hydrogen-bond donors (Lipinski definition) is 2. The molecule has 2 aromatic rings. The van der Waals surface area contributed by atoms with Crippen molar-refractivity contribution in [2.45, 2.75) is 38.1 Å². The van der Waals surface area contributed by atoms with E-state index in [2.05, 4.69) is 20.3 Å². The first-order chi connectivity index (χ1) is 15.5. The zero-order valence-electron chi connectivity index (χ0n) is 17.4. The number of anilines is 2. The number of carbonyl (C=O) groups excluding carboxylic acids is 1. The number of carboxylic acids is 1. The fourth-order valence-corrected chi connectivity index (χ4v) is 3.58. The second-order valence-corrected chi connectivity index (χ2v) is 7.52. The SMILES string of the molecule is Cc1ncccc1NC(=O)[C@H]1C[C@@H]2CCN(c3ncc(F)cn3)C[C@H]2O1.O=C(O)C(F)(F)F. The molecule has 2 saturated heterocycles. The summed E-state index contributed by atoms with van der Waals surface area (Å²) in [7, 11) is 0. The van der Waals surface area contributed by atoms with Crippen molar-refractivity contribution in [2.75, 3.05) is 23.3 Å². The summed E-state index contributed by atoms with van der Waals surface area (Å²) in [6.07, 6.45) is 0.00127. The van der Waals surface area contributed by atoms with Gasteiger partial charge in [-0.1, -0.05) is 0 Å². The van der Waals surface area contributed by atoms with E-state index in [0.29, 0.717) is 30.5 Å². The van der Waals surface area contributed by atoms with Crippen molar-refractivity contribution in [3.8, 4) is 0 Å². The van der Waals surface area contributed by atoms with E-state index in [1.807, 2.05) is 17.9 Å². The number of pyridine rings is 1. The van der Waals surface area contributed by atoms with E-state index in [0.717, 1.165) is 31.1 Å². The molecule has 13 heteroatoms. The van der Waals surface area contributed by atoms with Gasteiger partial charge in [0.1, 0.15) is 6.10 Å². The average molecular weight is 471 g/mol. The van der Waals surface area contributed by atoms with Crippen LogP contribution in [0.1, 0.15) is 18.5 Å². The van der Waals surface area contributed by atoms with Crippen molar-refractivity contribution in [1.82, 2.24) is 15.0 Å². The molecule has 4 heterocycles. The Balaban J connectivity index is 0.000000383. The quantitative estimate of drug-likeness (QED) is 0.656. The molecule has 178 valence electrons. The molecule has 2 N–H and O–H groups in total. The Hall–Kier alpha value is -3.35. The minimum Gasteiger partial charge on any atom is -0.475 e. The molecule has 2 aromatic heterocycles. The number of aliphatic carboxylic acids is 1. The molecular weight excluding hydrogens is 450 g/mol. The van der Waals surface area contributed by atoms with Crippen molar-refractivity contribution in [2.24, 2.45) is 5.92 Å². The van der Waals surface area contributed by atoms with Gasteiger partial charge in [-0.05, 0) is 37.8 Å². The lowest BCUT2D eigenvalue weighted by Gasteiger charge is -2.33. The van der Waals surface area contributed by atoms with Crippen molar-refractivity contribution in [3.63, 3.8) is 0 Å². The van der Waals surface area contributed by atoms with Gasteiger partial charge >= 0.3 is 12.1 Å². The first kappa shape index (κ1) is 24.3. The zero-order valence-corrected chi connectivity index (χ0v) is 17.4. The molecular formula is C20H21F4N5O4. The summed E-state index contributed by atoms with van der Waals surface area (Å²) in [6, 6.07) is 3.62. The minimum atomic E-state index is -5.08. The van der Waals surface area contributed by atoms with Gasteiger partial charge in [0.2, 0.25) is 5.95 Å². The lowest BCUT2D eigenvalue weighted by Crippen LogP contribution is -2.43. The molecule has 9 nitrogen and oxygen atoms in total. The Bertz CT molecular complexity index is 989. The van der Waals surface area contributed by atoms with E-state index < -0.39 is 24.1 Å². The van der Waals surface area contributed by atoms with Gasteiger partial charge in [0.15, 0.2) is 5.82 Å². The van der Waals surface area contributed by atoms with Crippen LogP contribution in [-0.4, -0.2) is 63.4 Å². The number of carbonyl (C=O) groups is 2. The summed E-state index contributed by atoms with van der Waals surface area (Å²) in [6.45, 7) is 3.23. The topological polar surface area (TPSA) is 118 Å². The van der Waals surface area contributed by atoms with Crippen LogP contribution in [0.4, 0.5) is 29.2 Å². The third-order valence-electron chi connectivity index (χ3n) is 5.24. The summed E-state index contributed by atoms with van der Waals surface area (Å²) >= 11 is 0. The molecule has 2 fully saturated rings. The number of amides is 1. The standard InChI is InChI=1S/C18H20FN5O2.C2HF3O2/c1-11-14(3-2-5-20-11)23-17(25)15-7-12-4-6-24(10-16(12)26-15)18-21-8-13(19)9-22-18;3-2(4,5)1(6)7/h2-3,5,8-9,12,15-16H,4,6-7,10H2,1H3,(H,23,25);(H,6,7)/t12-,15+,16+;/m0./s1. The van der Waals surface area contributed by atoms with Crippen LogP contribution in [0.15, 0.2) is 30.7 Å². The number of hydrogen-bond acceptors (Lipinski definition) is 7. The van der Waals surface area contributed by atoms with Gasteiger partial charge in [0, 0.05) is 19.3 Å². The second-order valence-electron chi connectivity index (χ2n) is 7.52. The highest BCUT2D eigenvalue weighted by Crippen LogP contribution is 2.34. The van der Waals surface area contributed by atoms with Crippen LogP contribution in [0, 0.1) is 18.7 Å². The number of piperidine rings is 1. The number of aromatic nitrogens is 3. The third-order valence-corrected chi connectivity index (χ3v) is 5.24. The first-order valence-electron chi connectivity index (χ1n) is 9.95.